The third-order valence-electron chi connectivity index (χ3n) is 4.23. The van der Waals surface area contributed by atoms with Gasteiger partial charge in [-0.05, 0) is 6.26 Å². The standard InChI is InChI=1S/C16H11F8N5O2S/c1-32-6-28-8(30)2-3-27-11(31)9(10(16(22,23)24)26-14(27)28)7-4-25-29(5-7)13(19)15(20,21)12(17)18/h2-5,12-13H,6H2,1H3. The molecule has 0 aromatic carbocycles. The molecule has 1 atom stereocenters. The van der Waals surface area contributed by atoms with Crippen molar-refractivity contribution in [1.29, 1.82) is 0 Å². The first-order chi connectivity index (χ1) is 14.8. The molecule has 3 rings (SSSR count). The predicted molar refractivity (Wildman–Crippen MR) is 96.6 cm³/mol. The van der Waals surface area contributed by atoms with E-state index in [1.807, 2.05) is 0 Å². The molecular weight excluding hydrogens is 478 g/mol. The van der Waals surface area contributed by atoms with Gasteiger partial charge < -0.3 is 0 Å². The summed E-state index contributed by atoms with van der Waals surface area (Å²) in [6.07, 6.45) is -10.3. The third-order valence-corrected chi connectivity index (χ3v) is 4.74. The molecule has 174 valence electrons. The first kappa shape index (κ1) is 23.7. The molecule has 0 aliphatic carbocycles. The molecule has 0 bridgehead atoms. The summed E-state index contributed by atoms with van der Waals surface area (Å²) in [7, 11) is 0. The van der Waals surface area contributed by atoms with Crippen molar-refractivity contribution in [2.24, 2.45) is 0 Å². The van der Waals surface area contributed by atoms with Crippen LogP contribution >= 0.6 is 11.8 Å². The second-order valence-corrected chi connectivity index (χ2v) is 7.16. The van der Waals surface area contributed by atoms with Crippen LogP contribution in [-0.4, -0.2) is 42.3 Å². The summed E-state index contributed by atoms with van der Waals surface area (Å²) in [6.45, 7) is 0. The molecular formula is C16H11F8N5O2S. The van der Waals surface area contributed by atoms with Gasteiger partial charge in [0.1, 0.15) is 0 Å². The number of halogens is 8. The van der Waals surface area contributed by atoms with Crippen LogP contribution in [0.4, 0.5) is 35.1 Å². The summed E-state index contributed by atoms with van der Waals surface area (Å²) >= 11 is 1.05. The molecule has 32 heavy (non-hydrogen) atoms. The Bertz CT molecular complexity index is 1270. The molecule has 0 fully saturated rings. The highest BCUT2D eigenvalue weighted by atomic mass is 32.2. The van der Waals surface area contributed by atoms with Gasteiger partial charge in [-0.3, -0.25) is 18.6 Å². The van der Waals surface area contributed by atoms with E-state index in [9.17, 15) is 44.7 Å². The molecule has 0 spiro atoms. The van der Waals surface area contributed by atoms with Gasteiger partial charge in [0, 0.05) is 24.0 Å². The number of aromatic nitrogens is 5. The minimum Gasteiger partial charge on any atom is -0.269 e. The molecule has 0 amide bonds. The summed E-state index contributed by atoms with van der Waals surface area (Å²) in [4.78, 5) is 28.2. The maximum atomic E-state index is 13.9. The van der Waals surface area contributed by atoms with Gasteiger partial charge >= 0.3 is 18.5 Å². The Kier molecular flexibility index (Phi) is 6.10. The zero-order valence-corrected chi connectivity index (χ0v) is 16.5. The van der Waals surface area contributed by atoms with Gasteiger partial charge in [0.25, 0.3) is 17.4 Å². The van der Waals surface area contributed by atoms with Gasteiger partial charge in [-0.15, -0.1) is 11.8 Å². The van der Waals surface area contributed by atoms with Crippen molar-refractivity contribution in [2.75, 3.05) is 6.26 Å². The van der Waals surface area contributed by atoms with Crippen molar-refractivity contribution in [3.8, 4) is 11.1 Å². The van der Waals surface area contributed by atoms with E-state index in [0.717, 1.165) is 28.6 Å². The normalized spacial score (nSPS) is 13.8. The number of nitrogens with zero attached hydrogens (tertiary/aromatic N) is 5. The van der Waals surface area contributed by atoms with E-state index < -0.39 is 58.5 Å². The van der Waals surface area contributed by atoms with E-state index in [2.05, 4.69) is 10.1 Å². The second-order valence-electron chi connectivity index (χ2n) is 6.33. The number of alkyl halides is 8. The number of fused-ring (bicyclic) bond motifs is 1. The highest BCUT2D eigenvalue weighted by molar-refractivity contribution is 7.97. The van der Waals surface area contributed by atoms with Gasteiger partial charge in [-0.1, -0.05) is 0 Å². The first-order valence-corrected chi connectivity index (χ1v) is 9.77. The summed E-state index contributed by atoms with van der Waals surface area (Å²) in [5.74, 6) is -5.98. The van der Waals surface area contributed by atoms with Crippen molar-refractivity contribution in [2.45, 2.75) is 30.7 Å². The number of thioether (sulfide) groups is 1. The molecule has 7 nitrogen and oxygen atoms in total. The van der Waals surface area contributed by atoms with E-state index in [1.165, 1.54) is 0 Å². The Hall–Kier alpha value is -2.91. The van der Waals surface area contributed by atoms with Crippen LogP contribution in [0.1, 0.15) is 12.0 Å². The zero-order valence-electron chi connectivity index (χ0n) is 15.7. The summed E-state index contributed by atoms with van der Waals surface area (Å²) in [6, 6.07) is 0.896. The molecule has 3 aromatic heterocycles. The van der Waals surface area contributed by atoms with E-state index in [-0.39, 0.29) is 16.8 Å². The predicted octanol–water partition coefficient (Wildman–Crippen LogP) is 3.43. The highest BCUT2D eigenvalue weighted by Gasteiger charge is 2.51. The lowest BCUT2D eigenvalue weighted by Crippen LogP contribution is -2.35. The van der Waals surface area contributed by atoms with Crippen LogP contribution in [0.3, 0.4) is 0 Å². The van der Waals surface area contributed by atoms with Crippen LogP contribution in [0.15, 0.2) is 34.2 Å². The smallest absolute Gasteiger partial charge is 0.269 e. The van der Waals surface area contributed by atoms with Crippen LogP contribution in [-0.2, 0) is 12.1 Å². The molecule has 16 heteroatoms. The maximum absolute atomic E-state index is 13.9. The molecule has 0 radical (unpaired) electrons. The van der Waals surface area contributed by atoms with Crippen LogP contribution in [0, 0.1) is 0 Å². The number of hydrogen-bond donors (Lipinski definition) is 0. The molecule has 0 aliphatic heterocycles. The lowest BCUT2D eigenvalue weighted by Gasteiger charge is -2.19. The van der Waals surface area contributed by atoms with Crippen molar-refractivity contribution < 1.29 is 35.1 Å². The second kappa shape index (κ2) is 8.22. The number of rotatable bonds is 6. The molecule has 0 saturated carbocycles. The van der Waals surface area contributed by atoms with Gasteiger partial charge in [-0.2, -0.15) is 27.1 Å². The van der Waals surface area contributed by atoms with Gasteiger partial charge in [0.05, 0.1) is 17.6 Å². The largest absolute Gasteiger partial charge is 0.434 e. The topological polar surface area (TPSA) is 74.2 Å². The molecule has 0 saturated heterocycles. The monoisotopic (exact) mass is 489 g/mol. The van der Waals surface area contributed by atoms with Gasteiger partial charge in [0.15, 0.2) is 5.69 Å². The lowest BCUT2D eigenvalue weighted by atomic mass is 10.1. The molecule has 1 unspecified atom stereocenters. The van der Waals surface area contributed by atoms with Gasteiger partial charge in [-0.25, -0.2) is 22.8 Å². The fraction of sp³-hybridized carbons (Fsp3) is 0.375. The van der Waals surface area contributed by atoms with E-state index in [1.54, 1.807) is 6.26 Å². The Balaban J connectivity index is 2.29. The van der Waals surface area contributed by atoms with E-state index >= 15 is 0 Å². The Morgan fingerprint density at radius 3 is 2.34 bits per heavy atom. The fourth-order valence-electron chi connectivity index (χ4n) is 2.76. The SMILES string of the molecule is CSCn1c(=O)ccn2c(=O)c(-c3cnn(C(F)C(F)(F)C(F)F)c3)c(C(F)(F)F)nc12. The van der Waals surface area contributed by atoms with Gasteiger partial charge in [0.2, 0.25) is 5.78 Å². The quantitative estimate of drug-likeness (QED) is 0.497. The Morgan fingerprint density at radius 1 is 1.12 bits per heavy atom. The average molecular weight is 489 g/mol. The first-order valence-electron chi connectivity index (χ1n) is 8.37. The van der Waals surface area contributed by atoms with E-state index in [0.29, 0.717) is 10.6 Å². The van der Waals surface area contributed by atoms with Crippen LogP contribution in [0.5, 0.6) is 0 Å². The van der Waals surface area contributed by atoms with Crippen molar-refractivity contribution in [1.82, 2.24) is 23.7 Å². The summed E-state index contributed by atoms with van der Waals surface area (Å²) in [5, 5.41) is 3.07. The fourth-order valence-corrected chi connectivity index (χ4v) is 3.26. The highest BCUT2D eigenvalue weighted by Crippen LogP contribution is 2.38. The van der Waals surface area contributed by atoms with Crippen molar-refractivity contribution >= 4 is 17.5 Å². The molecule has 0 N–H and O–H groups in total. The minimum absolute atomic E-state index is 0.142. The zero-order chi connectivity index (χ0) is 24.0. The van der Waals surface area contributed by atoms with Crippen LogP contribution in [0.25, 0.3) is 16.9 Å². The Morgan fingerprint density at radius 2 is 1.78 bits per heavy atom. The van der Waals surface area contributed by atoms with E-state index in [4.69, 9.17) is 0 Å². The van der Waals surface area contributed by atoms with Crippen molar-refractivity contribution in [3.05, 3.63) is 51.1 Å². The maximum Gasteiger partial charge on any atom is 0.434 e. The number of hydrogen-bond acceptors (Lipinski definition) is 5. The lowest BCUT2D eigenvalue weighted by molar-refractivity contribution is -0.194. The van der Waals surface area contributed by atoms with Crippen molar-refractivity contribution in [3.63, 3.8) is 0 Å². The minimum atomic E-state index is -5.26. The molecule has 3 aromatic rings. The summed E-state index contributed by atoms with van der Waals surface area (Å²) < 4.78 is 107. The average Bonchev–Trinajstić information content (AvgIpc) is 3.18. The van der Waals surface area contributed by atoms with Crippen LogP contribution < -0.4 is 11.1 Å². The van der Waals surface area contributed by atoms with Crippen LogP contribution in [0.2, 0.25) is 0 Å². The Labute approximate surface area is 176 Å². The summed E-state index contributed by atoms with van der Waals surface area (Å²) in [5.41, 5.74) is -5.89. The third kappa shape index (κ3) is 3.98. The molecule has 0 aliphatic rings. The molecule has 3 heterocycles.